The number of nitrogens with one attached hydrogen (secondary N) is 2. The third-order valence-corrected chi connectivity index (χ3v) is 4.42. The van der Waals surface area contributed by atoms with Crippen LogP contribution in [0.3, 0.4) is 0 Å². The van der Waals surface area contributed by atoms with Gasteiger partial charge in [0.2, 0.25) is 0 Å². The zero-order chi connectivity index (χ0) is 19.9. The lowest BCUT2D eigenvalue weighted by atomic mass is 9.96. The van der Waals surface area contributed by atoms with Crippen LogP contribution in [0, 0.1) is 5.82 Å². The Hall–Kier alpha value is -3.29. The topological polar surface area (TPSA) is 88.0 Å². The molecule has 0 spiro atoms. The van der Waals surface area contributed by atoms with Gasteiger partial charge in [0.05, 0.1) is 16.6 Å². The molecule has 3 aromatic heterocycles. The lowest BCUT2D eigenvalue weighted by Crippen LogP contribution is -2.26. The number of fused-ring (bicyclic) bond motifs is 2. The Bertz CT molecular complexity index is 1170. The van der Waals surface area contributed by atoms with E-state index in [4.69, 9.17) is 0 Å². The monoisotopic (exact) mass is 380 g/mol. The van der Waals surface area contributed by atoms with Crippen molar-refractivity contribution in [2.24, 2.45) is 0 Å². The predicted octanol–water partition coefficient (Wildman–Crippen LogP) is 3.01. The highest BCUT2D eigenvalue weighted by molar-refractivity contribution is 5.99. The molecule has 0 saturated carbocycles. The van der Waals surface area contributed by atoms with Gasteiger partial charge in [-0.1, -0.05) is 20.8 Å². The molecule has 0 atom stereocenters. The Kier molecular flexibility index (Phi) is 4.33. The average Bonchev–Trinajstić information content (AvgIpc) is 3.24. The number of halogens is 1. The van der Waals surface area contributed by atoms with Crippen molar-refractivity contribution in [3.8, 4) is 0 Å². The third-order valence-electron chi connectivity index (χ3n) is 4.42. The molecule has 2 N–H and O–H groups in total. The molecule has 0 aliphatic carbocycles. The molecule has 28 heavy (non-hydrogen) atoms. The van der Waals surface area contributed by atoms with Crippen LogP contribution >= 0.6 is 0 Å². The van der Waals surface area contributed by atoms with Gasteiger partial charge >= 0.3 is 0 Å². The number of H-pyrrole nitrogens is 1. The smallest absolute Gasteiger partial charge is 0.255 e. The van der Waals surface area contributed by atoms with Gasteiger partial charge in [0.15, 0.2) is 11.5 Å². The SMILES string of the molecule is CC(C)(C)c1nc2c(C(=O)NCCc3nc4ccc(F)cc4[nH]3)cccn2n1. The highest BCUT2D eigenvalue weighted by Crippen LogP contribution is 2.20. The molecule has 7 nitrogen and oxygen atoms in total. The van der Waals surface area contributed by atoms with Crippen LogP contribution in [0.5, 0.6) is 0 Å². The number of hydrogen-bond donors (Lipinski definition) is 2. The Morgan fingerprint density at radius 3 is 2.86 bits per heavy atom. The van der Waals surface area contributed by atoms with Crippen LogP contribution < -0.4 is 5.32 Å². The van der Waals surface area contributed by atoms with Crippen LogP contribution in [0.15, 0.2) is 36.5 Å². The maximum Gasteiger partial charge on any atom is 0.255 e. The van der Waals surface area contributed by atoms with Crippen molar-refractivity contribution in [2.75, 3.05) is 6.54 Å². The number of aromatic amines is 1. The maximum absolute atomic E-state index is 13.3. The number of aromatic nitrogens is 5. The van der Waals surface area contributed by atoms with Crippen molar-refractivity contribution in [1.29, 1.82) is 0 Å². The van der Waals surface area contributed by atoms with Gasteiger partial charge in [-0.25, -0.2) is 18.9 Å². The molecule has 1 amide bonds. The van der Waals surface area contributed by atoms with Crippen LogP contribution in [0.2, 0.25) is 0 Å². The molecule has 8 heteroatoms. The van der Waals surface area contributed by atoms with Crippen molar-refractivity contribution in [3.05, 3.63) is 59.6 Å². The summed E-state index contributed by atoms with van der Waals surface area (Å²) in [6.45, 7) is 6.48. The summed E-state index contributed by atoms with van der Waals surface area (Å²) >= 11 is 0. The number of amides is 1. The number of carbonyl (C=O) groups is 1. The molecule has 0 fully saturated rings. The van der Waals surface area contributed by atoms with Crippen molar-refractivity contribution in [1.82, 2.24) is 29.9 Å². The summed E-state index contributed by atoms with van der Waals surface area (Å²) in [5, 5.41) is 7.36. The van der Waals surface area contributed by atoms with Crippen molar-refractivity contribution < 1.29 is 9.18 Å². The van der Waals surface area contributed by atoms with Gasteiger partial charge in [-0.05, 0) is 30.3 Å². The zero-order valence-electron chi connectivity index (χ0n) is 16.0. The van der Waals surface area contributed by atoms with Crippen LogP contribution in [0.4, 0.5) is 4.39 Å². The Morgan fingerprint density at radius 1 is 1.25 bits per heavy atom. The minimum Gasteiger partial charge on any atom is -0.351 e. The number of rotatable bonds is 4. The second-order valence-electron chi connectivity index (χ2n) is 7.73. The molecule has 0 radical (unpaired) electrons. The van der Waals surface area contributed by atoms with Crippen LogP contribution in [-0.4, -0.2) is 37.0 Å². The molecule has 144 valence electrons. The highest BCUT2D eigenvalue weighted by atomic mass is 19.1. The first-order valence-corrected chi connectivity index (χ1v) is 9.09. The van der Waals surface area contributed by atoms with E-state index in [0.717, 1.165) is 0 Å². The Balaban J connectivity index is 1.48. The minimum absolute atomic E-state index is 0.208. The molecular weight excluding hydrogens is 359 g/mol. The molecule has 0 aliphatic rings. The quantitative estimate of drug-likeness (QED) is 0.570. The summed E-state index contributed by atoms with van der Waals surface area (Å²) in [5.41, 5.74) is 2.14. The summed E-state index contributed by atoms with van der Waals surface area (Å²) in [6.07, 6.45) is 2.28. The summed E-state index contributed by atoms with van der Waals surface area (Å²) in [7, 11) is 0. The fraction of sp³-hybridized carbons (Fsp3) is 0.300. The van der Waals surface area contributed by atoms with Crippen molar-refractivity contribution in [3.63, 3.8) is 0 Å². The number of nitrogens with zero attached hydrogens (tertiary/aromatic N) is 4. The summed E-state index contributed by atoms with van der Waals surface area (Å²) in [6, 6.07) is 7.91. The first-order valence-electron chi connectivity index (χ1n) is 9.09. The number of benzene rings is 1. The molecule has 0 unspecified atom stereocenters. The summed E-state index contributed by atoms with van der Waals surface area (Å²) in [5.74, 6) is 0.839. The van der Waals surface area contributed by atoms with Crippen LogP contribution in [0.1, 0.15) is 42.8 Å². The van der Waals surface area contributed by atoms with E-state index in [9.17, 15) is 9.18 Å². The zero-order valence-corrected chi connectivity index (χ0v) is 16.0. The number of carbonyl (C=O) groups excluding carboxylic acids is 1. The third kappa shape index (κ3) is 3.45. The number of imidazole rings is 1. The van der Waals surface area contributed by atoms with Crippen molar-refractivity contribution >= 4 is 22.6 Å². The van der Waals surface area contributed by atoms with E-state index in [0.29, 0.717) is 46.9 Å². The van der Waals surface area contributed by atoms with Gasteiger partial charge in [-0.15, -0.1) is 0 Å². The van der Waals surface area contributed by atoms with Gasteiger partial charge in [-0.3, -0.25) is 4.79 Å². The molecule has 0 saturated heterocycles. The normalized spacial score (nSPS) is 12.0. The lowest BCUT2D eigenvalue weighted by Gasteiger charge is -2.11. The average molecular weight is 380 g/mol. The fourth-order valence-electron chi connectivity index (χ4n) is 2.94. The standard InChI is InChI=1S/C20H21FN6O/c1-20(2,3)19-25-17-13(5-4-10-27(17)26-19)18(28)22-9-8-16-23-14-7-6-12(21)11-15(14)24-16/h4-7,10-11H,8-9H2,1-3H3,(H,22,28)(H,23,24). The summed E-state index contributed by atoms with van der Waals surface area (Å²) in [4.78, 5) is 24.7. The summed E-state index contributed by atoms with van der Waals surface area (Å²) < 4.78 is 14.9. The molecular formula is C20H21FN6O. The Morgan fingerprint density at radius 2 is 2.07 bits per heavy atom. The van der Waals surface area contributed by atoms with E-state index in [1.807, 2.05) is 20.8 Å². The van der Waals surface area contributed by atoms with E-state index in [2.05, 4.69) is 25.4 Å². The van der Waals surface area contributed by atoms with E-state index in [1.165, 1.54) is 12.1 Å². The second-order valence-corrected chi connectivity index (χ2v) is 7.73. The van der Waals surface area contributed by atoms with E-state index >= 15 is 0 Å². The van der Waals surface area contributed by atoms with Gasteiger partial charge in [0.1, 0.15) is 11.6 Å². The van der Waals surface area contributed by atoms with E-state index in [-0.39, 0.29) is 17.1 Å². The van der Waals surface area contributed by atoms with Crippen LogP contribution in [-0.2, 0) is 11.8 Å². The van der Waals surface area contributed by atoms with E-state index < -0.39 is 0 Å². The lowest BCUT2D eigenvalue weighted by molar-refractivity contribution is 0.0955. The van der Waals surface area contributed by atoms with Gasteiger partial charge in [0.25, 0.3) is 5.91 Å². The van der Waals surface area contributed by atoms with Gasteiger partial charge in [0, 0.05) is 24.6 Å². The molecule has 4 rings (SSSR count). The first-order chi connectivity index (χ1) is 13.3. The fourth-order valence-corrected chi connectivity index (χ4v) is 2.94. The number of hydrogen-bond acceptors (Lipinski definition) is 4. The number of pyridine rings is 1. The predicted molar refractivity (Wildman–Crippen MR) is 104 cm³/mol. The molecule has 1 aromatic carbocycles. The largest absolute Gasteiger partial charge is 0.351 e. The van der Waals surface area contributed by atoms with Gasteiger partial charge < -0.3 is 10.3 Å². The van der Waals surface area contributed by atoms with Crippen molar-refractivity contribution in [2.45, 2.75) is 32.6 Å². The van der Waals surface area contributed by atoms with Crippen LogP contribution in [0.25, 0.3) is 16.7 Å². The second kappa shape index (κ2) is 6.70. The molecule has 4 aromatic rings. The van der Waals surface area contributed by atoms with Gasteiger partial charge in [-0.2, -0.15) is 5.10 Å². The molecule has 3 heterocycles. The highest BCUT2D eigenvalue weighted by Gasteiger charge is 2.22. The maximum atomic E-state index is 13.3. The molecule has 0 bridgehead atoms. The minimum atomic E-state index is -0.313. The first kappa shape index (κ1) is 18.1. The Labute approximate surface area is 161 Å². The van der Waals surface area contributed by atoms with E-state index in [1.54, 1.807) is 28.9 Å². The molecule has 0 aliphatic heterocycles.